The highest BCUT2D eigenvalue weighted by molar-refractivity contribution is 6.18. The summed E-state index contributed by atoms with van der Waals surface area (Å²) in [4.78, 5) is 0. The third kappa shape index (κ3) is 3.61. The topological polar surface area (TPSA) is 23.8 Å². The maximum Gasteiger partial charge on any atom is 0.0625 e. The second kappa shape index (κ2) is 3.95. The van der Waals surface area contributed by atoms with Crippen LogP contribution in [0.4, 0.5) is 0 Å². The lowest BCUT2D eigenvalue weighted by atomic mass is 10.2. The number of hydrogen-bond acceptors (Lipinski definition) is 1. The van der Waals surface area contributed by atoms with E-state index in [2.05, 4.69) is 0 Å². The molecule has 0 aromatic heterocycles. The van der Waals surface area contributed by atoms with Gasteiger partial charge in [0.2, 0.25) is 0 Å². The molecule has 2 heteroatoms. The minimum atomic E-state index is 0.353. The van der Waals surface area contributed by atoms with E-state index < -0.39 is 0 Å². The first-order valence-electron chi connectivity index (χ1n) is 2.24. The van der Waals surface area contributed by atoms with E-state index in [1.807, 2.05) is 13.0 Å². The Kier molecular flexibility index (Phi) is 3.83. The molecule has 0 radical (unpaired) electrons. The van der Waals surface area contributed by atoms with Crippen LogP contribution < -0.4 is 0 Å². The predicted octanol–water partition coefficient (Wildman–Crippen LogP) is 1.77. The van der Waals surface area contributed by atoms with E-state index in [1.165, 1.54) is 0 Å². The van der Waals surface area contributed by atoms with Crippen molar-refractivity contribution in [3.05, 3.63) is 0 Å². The molecule has 1 nitrogen and oxygen atoms in total. The van der Waals surface area contributed by atoms with Crippen molar-refractivity contribution in [2.75, 3.05) is 5.88 Å². The second-order valence-electron chi connectivity index (χ2n) is 1.62. The van der Waals surface area contributed by atoms with Crippen molar-refractivity contribution in [3.8, 4) is 6.07 Å². The normalized spacial score (nSPS) is 12.7. The van der Waals surface area contributed by atoms with Crippen molar-refractivity contribution in [2.24, 2.45) is 5.92 Å². The van der Waals surface area contributed by atoms with Crippen molar-refractivity contribution in [1.29, 1.82) is 5.26 Å². The molecule has 0 aromatic rings. The summed E-state index contributed by atoms with van der Waals surface area (Å²) >= 11 is 5.38. The first-order valence-corrected chi connectivity index (χ1v) is 2.77. The lowest BCUT2D eigenvalue weighted by Gasteiger charge is -1.95. The van der Waals surface area contributed by atoms with Gasteiger partial charge in [0.05, 0.1) is 6.07 Å². The molecule has 0 rings (SSSR count). The fourth-order valence-electron chi connectivity index (χ4n) is 0.210. The van der Waals surface area contributed by atoms with Crippen LogP contribution in [-0.4, -0.2) is 5.88 Å². The molecule has 0 aliphatic carbocycles. The number of alkyl halides is 1. The van der Waals surface area contributed by atoms with E-state index in [9.17, 15) is 0 Å². The summed E-state index contributed by atoms with van der Waals surface area (Å²) in [5.41, 5.74) is 0. The van der Waals surface area contributed by atoms with Crippen LogP contribution in [0.3, 0.4) is 0 Å². The van der Waals surface area contributed by atoms with E-state index in [0.29, 0.717) is 18.2 Å². The molecular formula is C5H8ClN. The van der Waals surface area contributed by atoms with Crippen LogP contribution in [-0.2, 0) is 0 Å². The Morgan fingerprint density at radius 3 is 2.57 bits per heavy atom. The van der Waals surface area contributed by atoms with E-state index in [0.717, 1.165) is 0 Å². The number of rotatable bonds is 2. The molecule has 0 unspecified atom stereocenters. The van der Waals surface area contributed by atoms with Gasteiger partial charge in [0, 0.05) is 12.3 Å². The fraction of sp³-hybridized carbons (Fsp3) is 0.800. The average Bonchev–Trinajstić information content (AvgIpc) is 1.68. The van der Waals surface area contributed by atoms with Crippen molar-refractivity contribution in [3.63, 3.8) is 0 Å². The van der Waals surface area contributed by atoms with Crippen molar-refractivity contribution in [2.45, 2.75) is 13.3 Å². The number of nitriles is 1. The molecule has 0 saturated heterocycles. The molecule has 0 aliphatic rings. The Morgan fingerprint density at radius 1 is 1.86 bits per heavy atom. The zero-order chi connectivity index (χ0) is 5.70. The molecule has 0 heterocycles. The molecular weight excluding hydrogens is 110 g/mol. The van der Waals surface area contributed by atoms with Gasteiger partial charge in [0.15, 0.2) is 0 Å². The SMILES string of the molecule is C[C@@H](CCl)CC#N. The minimum Gasteiger partial charge on any atom is -0.198 e. The zero-order valence-electron chi connectivity index (χ0n) is 4.32. The summed E-state index contributed by atoms with van der Waals surface area (Å²) in [5.74, 6) is 0.944. The molecule has 0 amide bonds. The summed E-state index contributed by atoms with van der Waals surface area (Å²) < 4.78 is 0. The highest BCUT2D eigenvalue weighted by Gasteiger charge is 1.94. The molecule has 0 aliphatic heterocycles. The lowest BCUT2D eigenvalue weighted by molar-refractivity contribution is 0.679. The molecule has 1 atom stereocenters. The predicted molar refractivity (Wildman–Crippen MR) is 30.1 cm³/mol. The Bertz CT molecular complexity index is 74.6. The molecule has 40 valence electrons. The van der Waals surface area contributed by atoms with Crippen LogP contribution in [0.5, 0.6) is 0 Å². The maximum absolute atomic E-state index is 8.06. The first kappa shape index (κ1) is 6.78. The number of hydrogen-bond donors (Lipinski definition) is 0. The van der Waals surface area contributed by atoms with Gasteiger partial charge in [-0.1, -0.05) is 6.92 Å². The summed E-state index contributed by atoms with van der Waals surface area (Å²) in [6.07, 6.45) is 0.573. The smallest absolute Gasteiger partial charge is 0.0625 e. The van der Waals surface area contributed by atoms with Crippen LogP contribution in [0, 0.1) is 17.2 Å². The monoisotopic (exact) mass is 117 g/mol. The maximum atomic E-state index is 8.06. The minimum absolute atomic E-state index is 0.353. The van der Waals surface area contributed by atoms with Gasteiger partial charge in [0.25, 0.3) is 0 Å². The molecule has 0 bridgehead atoms. The van der Waals surface area contributed by atoms with Gasteiger partial charge in [-0.05, 0) is 5.92 Å². The number of nitrogens with zero attached hydrogens (tertiary/aromatic N) is 1. The zero-order valence-corrected chi connectivity index (χ0v) is 5.07. The van der Waals surface area contributed by atoms with Gasteiger partial charge in [0.1, 0.15) is 0 Å². The van der Waals surface area contributed by atoms with Gasteiger partial charge in [-0.15, -0.1) is 11.6 Å². The molecule has 0 N–H and O–H groups in total. The van der Waals surface area contributed by atoms with Crippen LogP contribution >= 0.6 is 11.6 Å². The third-order valence-electron chi connectivity index (χ3n) is 0.703. The lowest BCUT2D eigenvalue weighted by Crippen LogP contribution is -1.91. The molecule has 0 aromatic carbocycles. The fourth-order valence-corrected chi connectivity index (χ4v) is 0.320. The highest BCUT2D eigenvalue weighted by atomic mass is 35.5. The summed E-state index contributed by atoms with van der Waals surface area (Å²) in [7, 11) is 0. The molecule has 0 saturated carbocycles. The van der Waals surface area contributed by atoms with E-state index in [4.69, 9.17) is 16.9 Å². The van der Waals surface area contributed by atoms with Gasteiger partial charge >= 0.3 is 0 Å². The van der Waals surface area contributed by atoms with Gasteiger partial charge in [-0.3, -0.25) is 0 Å². The summed E-state index contributed by atoms with van der Waals surface area (Å²) in [5, 5.41) is 8.06. The van der Waals surface area contributed by atoms with Crippen molar-refractivity contribution in [1.82, 2.24) is 0 Å². The van der Waals surface area contributed by atoms with Crippen LogP contribution in [0.15, 0.2) is 0 Å². The Morgan fingerprint density at radius 2 is 2.43 bits per heavy atom. The largest absolute Gasteiger partial charge is 0.198 e. The van der Waals surface area contributed by atoms with E-state index in [-0.39, 0.29) is 0 Å². The summed E-state index contributed by atoms with van der Waals surface area (Å²) in [6.45, 7) is 1.95. The van der Waals surface area contributed by atoms with Gasteiger partial charge in [-0.2, -0.15) is 5.26 Å². The summed E-state index contributed by atoms with van der Waals surface area (Å²) in [6, 6.07) is 2.03. The highest BCUT2D eigenvalue weighted by Crippen LogP contribution is 2.00. The average molecular weight is 118 g/mol. The van der Waals surface area contributed by atoms with Crippen molar-refractivity contribution < 1.29 is 0 Å². The van der Waals surface area contributed by atoms with E-state index in [1.54, 1.807) is 0 Å². The Hall–Kier alpha value is -0.220. The standard InChI is InChI=1S/C5H8ClN/c1-5(4-6)2-3-7/h5H,2,4H2,1H3/t5-/m1/s1. The molecule has 0 fully saturated rings. The van der Waals surface area contributed by atoms with Gasteiger partial charge in [-0.25, -0.2) is 0 Å². The van der Waals surface area contributed by atoms with Crippen LogP contribution in [0.1, 0.15) is 13.3 Å². The Balaban J connectivity index is 3.03. The van der Waals surface area contributed by atoms with Crippen LogP contribution in [0.25, 0.3) is 0 Å². The van der Waals surface area contributed by atoms with E-state index >= 15 is 0 Å². The van der Waals surface area contributed by atoms with Crippen LogP contribution in [0.2, 0.25) is 0 Å². The molecule has 7 heavy (non-hydrogen) atoms. The van der Waals surface area contributed by atoms with Crippen molar-refractivity contribution >= 4 is 11.6 Å². The number of halogens is 1. The first-order chi connectivity index (χ1) is 3.31. The third-order valence-corrected chi connectivity index (χ3v) is 1.23. The quantitative estimate of drug-likeness (QED) is 0.506. The molecule has 0 spiro atoms. The Labute approximate surface area is 48.9 Å². The van der Waals surface area contributed by atoms with Gasteiger partial charge < -0.3 is 0 Å². The second-order valence-corrected chi connectivity index (χ2v) is 1.93.